The molecule has 2 unspecified atom stereocenters. The molecule has 1 aromatic heterocycles. The standard InChI is InChI=1S/C28H31F4N5O4S/c1-41-26-14-19(42(2,39)40)8-9-24(26)34-11-4-5-18-13-20-22(6-3-7-25(20)37(18)17-28(30,31)32)35-23-10-12-36(15-21(23)29)16-27(33)38/h3,6-9,13-14,21,23,34-35H,10-12,15-17H2,1-2H3,(H2,33,38). The van der Waals surface area contributed by atoms with E-state index in [1.54, 1.807) is 23.1 Å². The lowest BCUT2D eigenvalue weighted by Crippen LogP contribution is -2.49. The van der Waals surface area contributed by atoms with Gasteiger partial charge in [-0.1, -0.05) is 12.0 Å². The fourth-order valence-corrected chi connectivity index (χ4v) is 5.52. The molecule has 0 radical (unpaired) electrons. The van der Waals surface area contributed by atoms with Gasteiger partial charge in [0.15, 0.2) is 9.84 Å². The second kappa shape index (κ2) is 12.5. The van der Waals surface area contributed by atoms with Crippen LogP contribution in [0.2, 0.25) is 0 Å². The largest absolute Gasteiger partial charge is 0.495 e. The van der Waals surface area contributed by atoms with Crippen molar-refractivity contribution in [2.24, 2.45) is 5.73 Å². The maximum absolute atomic E-state index is 14.9. The molecule has 2 aromatic carbocycles. The van der Waals surface area contributed by atoms with Crippen molar-refractivity contribution >= 4 is 38.0 Å². The van der Waals surface area contributed by atoms with Crippen LogP contribution in [0.1, 0.15) is 12.1 Å². The summed E-state index contributed by atoms with van der Waals surface area (Å²) in [7, 11) is -2.06. The van der Waals surface area contributed by atoms with E-state index in [1.807, 2.05) is 0 Å². The van der Waals surface area contributed by atoms with E-state index < -0.39 is 40.7 Å². The highest BCUT2D eigenvalue weighted by Gasteiger charge is 2.32. The summed E-state index contributed by atoms with van der Waals surface area (Å²) in [5.41, 5.74) is 6.55. The maximum atomic E-state index is 14.9. The SMILES string of the molecule is COc1cc(S(C)(=O)=O)ccc1NCC#Cc1cc2c(NC3CCN(CC(N)=O)CC3F)cccc2n1CC(F)(F)F. The van der Waals surface area contributed by atoms with Crippen LogP contribution in [0.5, 0.6) is 5.75 Å². The lowest BCUT2D eigenvalue weighted by molar-refractivity contribution is -0.140. The molecule has 2 atom stereocenters. The first-order valence-corrected chi connectivity index (χ1v) is 14.9. The summed E-state index contributed by atoms with van der Waals surface area (Å²) >= 11 is 0. The predicted octanol–water partition coefficient (Wildman–Crippen LogP) is 3.39. The van der Waals surface area contributed by atoms with E-state index in [0.717, 1.165) is 10.8 Å². The quantitative estimate of drug-likeness (QED) is 0.252. The number of sulfone groups is 1. The Labute approximate surface area is 240 Å². The average molecular weight is 610 g/mol. The molecule has 9 nitrogen and oxygen atoms in total. The van der Waals surface area contributed by atoms with Gasteiger partial charge in [-0.25, -0.2) is 12.8 Å². The van der Waals surface area contributed by atoms with Crippen LogP contribution in [0.25, 0.3) is 10.9 Å². The molecule has 0 saturated carbocycles. The summed E-state index contributed by atoms with van der Waals surface area (Å²) in [4.78, 5) is 12.9. The molecular weight excluding hydrogens is 578 g/mol. The average Bonchev–Trinajstić information content (AvgIpc) is 3.23. The number of halogens is 4. The molecule has 1 aliphatic rings. The minimum atomic E-state index is -4.52. The van der Waals surface area contributed by atoms with Gasteiger partial charge in [0.05, 0.1) is 48.0 Å². The number of nitrogens with one attached hydrogen (secondary N) is 2. The first-order valence-electron chi connectivity index (χ1n) is 13.0. The number of benzene rings is 2. The molecule has 226 valence electrons. The van der Waals surface area contributed by atoms with Crippen molar-refractivity contribution in [3.05, 3.63) is 48.2 Å². The number of aromatic nitrogens is 1. The summed E-state index contributed by atoms with van der Waals surface area (Å²) in [5, 5.41) is 6.59. The smallest absolute Gasteiger partial charge is 0.406 e. The molecule has 0 bridgehead atoms. The minimum absolute atomic E-state index is 0.0111. The summed E-state index contributed by atoms with van der Waals surface area (Å²) in [5.74, 6) is 5.34. The number of amides is 1. The molecule has 0 aliphatic carbocycles. The number of rotatable bonds is 9. The number of anilines is 2. The molecule has 4 N–H and O–H groups in total. The molecule has 14 heteroatoms. The minimum Gasteiger partial charge on any atom is -0.495 e. The zero-order valence-electron chi connectivity index (χ0n) is 23.0. The number of piperidine rings is 1. The number of methoxy groups -OCH3 is 1. The Balaban J connectivity index is 1.57. The van der Waals surface area contributed by atoms with E-state index in [-0.39, 0.29) is 41.5 Å². The van der Waals surface area contributed by atoms with Crippen LogP contribution in [0.3, 0.4) is 0 Å². The molecule has 1 saturated heterocycles. The van der Waals surface area contributed by atoms with E-state index in [2.05, 4.69) is 22.5 Å². The normalized spacial score (nSPS) is 17.9. The number of fused-ring (bicyclic) bond motifs is 1. The van der Waals surface area contributed by atoms with Gasteiger partial charge >= 0.3 is 6.18 Å². The second-order valence-electron chi connectivity index (χ2n) is 10.0. The topological polar surface area (TPSA) is 119 Å². The van der Waals surface area contributed by atoms with Gasteiger partial charge in [-0.3, -0.25) is 9.69 Å². The number of carbonyl (C=O) groups excluding carboxylic acids is 1. The van der Waals surface area contributed by atoms with Crippen molar-refractivity contribution < 1.29 is 35.5 Å². The van der Waals surface area contributed by atoms with E-state index in [4.69, 9.17) is 10.5 Å². The number of hydrogen-bond donors (Lipinski definition) is 3. The summed E-state index contributed by atoms with van der Waals surface area (Å²) < 4.78 is 85.5. The summed E-state index contributed by atoms with van der Waals surface area (Å²) in [6.45, 7) is -0.830. The predicted molar refractivity (Wildman–Crippen MR) is 152 cm³/mol. The Hall–Kier alpha value is -3.96. The van der Waals surface area contributed by atoms with Gasteiger partial charge in [-0.2, -0.15) is 13.2 Å². The van der Waals surface area contributed by atoms with Crippen LogP contribution in [-0.4, -0.2) is 81.7 Å². The van der Waals surface area contributed by atoms with Crippen LogP contribution in [0.4, 0.5) is 28.9 Å². The third-order valence-corrected chi connectivity index (χ3v) is 7.92. The van der Waals surface area contributed by atoms with Crippen molar-refractivity contribution in [2.75, 3.05) is 50.2 Å². The zero-order valence-corrected chi connectivity index (χ0v) is 23.8. The third kappa shape index (κ3) is 7.65. The van der Waals surface area contributed by atoms with Crippen LogP contribution in [-0.2, 0) is 21.2 Å². The number of hydrogen-bond acceptors (Lipinski definition) is 7. The van der Waals surface area contributed by atoms with Crippen molar-refractivity contribution in [1.29, 1.82) is 0 Å². The lowest BCUT2D eigenvalue weighted by atomic mass is 10.0. The van der Waals surface area contributed by atoms with Crippen LogP contribution >= 0.6 is 0 Å². The van der Waals surface area contributed by atoms with Crippen molar-refractivity contribution in [2.45, 2.75) is 36.3 Å². The molecule has 3 aromatic rings. The lowest BCUT2D eigenvalue weighted by Gasteiger charge is -2.35. The molecular formula is C28H31F4N5O4S. The molecule has 1 fully saturated rings. The maximum Gasteiger partial charge on any atom is 0.406 e. The first kappa shape index (κ1) is 31.0. The Morgan fingerprint density at radius 2 is 1.95 bits per heavy atom. The third-order valence-electron chi connectivity index (χ3n) is 6.81. The van der Waals surface area contributed by atoms with Gasteiger partial charge in [0, 0.05) is 36.5 Å². The Kier molecular flexibility index (Phi) is 9.22. The molecule has 0 spiro atoms. The van der Waals surface area contributed by atoms with Gasteiger partial charge in [-0.05, 0) is 42.7 Å². The van der Waals surface area contributed by atoms with E-state index in [9.17, 15) is 30.8 Å². The Morgan fingerprint density at radius 3 is 2.60 bits per heavy atom. The second-order valence-corrected chi connectivity index (χ2v) is 12.0. The number of ether oxygens (including phenoxy) is 1. The highest BCUT2D eigenvalue weighted by atomic mass is 32.2. The molecule has 1 amide bonds. The fourth-order valence-electron chi connectivity index (χ4n) is 4.88. The highest BCUT2D eigenvalue weighted by molar-refractivity contribution is 7.90. The number of likely N-dealkylation sites (tertiary alicyclic amines) is 1. The number of carbonyl (C=O) groups is 1. The van der Waals surface area contributed by atoms with Gasteiger partial charge in [0.1, 0.15) is 18.5 Å². The van der Waals surface area contributed by atoms with Crippen molar-refractivity contribution in [1.82, 2.24) is 9.47 Å². The molecule has 4 rings (SSSR count). The zero-order chi connectivity index (χ0) is 30.7. The number of alkyl halides is 4. The van der Waals surface area contributed by atoms with Gasteiger partial charge < -0.3 is 25.7 Å². The molecule has 2 heterocycles. The van der Waals surface area contributed by atoms with Crippen LogP contribution in [0, 0.1) is 11.8 Å². The van der Waals surface area contributed by atoms with Crippen molar-refractivity contribution in [3.63, 3.8) is 0 Å². The summed E-state index contributed by atoms with van der Waals surface area (Å²) in [6.07, 6.45) is -4.39. The fraction of sp³-hybridized carbons (Fsp3) is 0.393. The monoisotopic (exact) mass is 609 g/mol. The Bertz CT molecular complexity index is 1630. The Morgan fingerprint density at radius 1 is 1.19 bits per heavy atom. The number of nitrogens with zero attached hydrogens (tertiary/aromatic N) is 2. The van der Waals surface area contributed by atoms with Gasteiger partial charge in [0.2, 0.25) is 5.91 Å². The number of nitrogens with two attached hydrogens (primary N) is 1. The summed E-state index contributed by atoms with van der Waals surface area (Å²) in [6, 6.07) is 10.0. The van der Waals surface area contributed by atoms with E-state index in [1.165, 1.54) is 31.4 Å². The first-order chi connectivity index (χ1) is 19.7. The van der Waals surface area contributed by atoms with Crippen molar-refractivity contribution in [3.8, 4) is 17.6 Å². The van der Waals surface area contributed by atoms with E-state index >= 15 is 0 Å². The number of primary amides is 1. The molecule has 42 heavy (non-hydrogen) atoms. The highest BCUT2D eigenvalue weighted by Crippen LogP contribution is 2.32. The van der Waals surface area contributed by atoms with Gasteiger partial charge in [-0.15, -0.1) is 0 Å². The van der Waals surface area contributed by atoms with E-state index in [0.29, 0.717) is 29.7 Å². The van der Waals surface area contributed by atoms with Gasteiger partial charge in [0.25, 0.3) is 0 Å². The van der Waals surface area contributed by atoms with Crippen LogP contribution < -0.4 is 21.1 Å². The van der Waals surface area contributed by atoms with Crippen LogP contribution in [0.15, 0.2) is 47.4 Å². The molecule has 1 aliphatic heterocycles.